The number of nitrogens with one attached hydrogen (secondary N) is 1. The summed E-state index contributed by atoms with van der Waals surface area (Å²) >= 11 is 0. The number of hydrogen-bond acceptors (Lipinski definition) is 5. The number of carbonyl (C=O) groups is 2. The van der Waals surface area contributed by atoms with E-state index in [4.69, 9.17) is 9.15 Å². The van der Waals surface area contributed by atoms with Crippen LogP contribution in [0.25, 0.3) is 6.08 Å². The van der Waals surface area contributed by atoms with Gasteiger partial charge in [0.05, 0.1) is 19.5 Å². The van der Waals surface area contributed by atoms with Crippen molar-refractivity contribution in [1.82, 2.24) is 4.90 Å². The third-order valence-electron chi connectivity index (χ3n) is 4.49. The van der Waals surface area contributed by atoms with Crippen LogP contribution in [-0.2, 0) is 14.3 Å². The highest BCUT2D eigenvalue weighted by molar-refractivity contribution is 5.98. The molecule has 28 heavy (non-hydrogen) atoms. The standard InChI is InChI=1S/C21H25N3O4/c1-2-23(21(26)10-9-19-4-3-13-28-19)16-20(25)22-17-5-7-18(8-6-17)24-11-14-27-15-12-24/h3-10,13H,2,11-12,14-16H2,1H3,(H,22,25). The summed E-state index contributed by atoms with van der Waals surface area (Å²) in [6.45, 7) is 5.45. The van der Waals surface area contributed by atoms with E-state index >= 15 is 0 Å². The van der Waals surface area contributed by atoms with E-state index in [9.17, 15) is 9.59 Å². The van der Waals surface area contributed by atoms with E-state index in [1.165, 1.54) is 11.0 Å². The minimum Gasteiger partial charge on any atom is -0.465 e. The van der Waals surface area contributed by atoms with Crippen LogP contribution in [0.15, 0.2) is 53.2 Å². The zero-order chi connectivity index (χ0) is 19.8. The lowest BCUT2D eigenvalue weighted by Gasteiger charge is -2.29. The minimum absolute atomic E-state index is 0.0109. The van der Waals surface area contributed by atoms with Crippen LogP contribution in [-0.4, -0.2) is 56.1 Å². The van der Waals surface area contributed by atoms with E-state index in [1.807, 2.05) is 31.2 Å². The van der Waals surface area contributed by atoms with Crippen molar-refractivity contribution in [1.29, 1.82) is 0 Å². The van der Waals surface area contributed by atoms with Gasteiger partial charge < -0.3 is 24.3 Å². The lowest BCUT2D eigenvalue weighted by molar-refractivity contribution is -0.130. The summed E-state index contributed by atoms with van der Waals surface area (Å²) in [5.74, 6) is 0.117. The number of amides is 2. The van der Waals surface area contributed by atoms with Crippen molar-refractivity contribution in [2.45, 2.75) is 6.92 Å². The second-order valence-corrected chi connectivity index (χ2v) is 6.40. The van der Waals surface area contributed by atoms with Gasteiger partial charge in [-0.3, -0.25) is 9.59 Å². The highest BCUT2D eigenvalue weighted by Crippen LogP contribution is 2.19. The maximum absolute atomic E-state index is 12.3. The average Bonchev–Trinajstić information content (AvgIpc) is 3.25. The molecule has 2 amide bonds. The first kappa shape index (κ1) is 19.7. The summed E-state index contributed by atoms with van der Waals surface area (Å²) < 4.78 is 10.5. The van der Waals surface area contributed by atoms with Crippen LogP contribution in [0.4, 0.5) is 11.4 Å². The molecule has 3 rings (SSSR count). The number of likely N-dealkylation sites (N-methyl/N-ethyl adjacent to an activating group) is 1. The van der Waals surface area contributed by atoms with Gasteiger partial charge in [0.25, 0.3) is 0 Å². The number of furan rings is 1. The molecule has 0 atom stereocenters. The third kappa shape index (κ3) is 5.47. The van der Waals surface area contributed by atoms with Crippen molar-refractivity contribution in [3.63, 3.8) is 0 Å². The molecule has 1 aliphatic heterocycles. The second-order valence-electron chi connectivity index (χ2n) is 6.40. The Morgan fingerprint density at radius 3 is 2.57 bits per heavy atom. The summed E-state index contributed by atoms with van der Waals surface area (Å²) in [6.07, 6.45) is 4.54. The van der Waals surface area contributed by atoms with Gasteiger partial charge in [-0.1, -0.05) is 0 Å². The molecule has 2 heterocycles. The molecule has 1 fully saturated rings. The molecule has 1 aliphatic rings. The van der Waals surface area contributed by atoms with Crippen molar-refractivity contribution >= 4 is 29.3 Å². The molecule has 0 spiro atoms. The number of morpholine rings is 1. The Hall–Kier alpha value is -3.06. The van der Waals surface area contributed by atoms with Crippen molar-refractivity contribution in [2.75, 3.05) is 49.6 Å². The summed E-state index contributed by atoms with van der Waals surface area (Å²) in [5.41, 5.74) is 1.81. The van der Waals surface area contributed by atoms with Crippen LogP contribution >= 0.6 is 0 Å². The Morgan fingerprint density at radius 2 is 1.93 bits per heavy atom. The number of ether oxygens (including phenoxy) is 1. The van der Waals surface area contributed by atoms with Crippen LogP contribution < -0.4 is 10.2 Å². The molecule has 148 valence electrons. The maximum atomic E-state index is 12.3. The fraction of sp³-hybridized carbons (Fsp3) is 0.333. The van der Waals surface area contributed by atoms with Crippen molar-refractivity contribution in [3.05, 3.63) is 54.5 Å². The summed E-state index contributed by atoms with van der Waals surface area (Å²) in [4.78, 5) is 28.3. The van der Waals surface area contributed by atoms with Crippen molar-refractivity contribution in [3.8, 4) is 0 Å². The van der Waals surface area contributed by atoms with Gasteiger partial charge in [0.1, 0.15) is 12.3 Å². The summed E-state index contributed by atoms with van der Waals surface area (Å²) in [7, 11) is 0. The monoisotopic (exact) mass is 383 g/mol. The van der Waals surface area contributed by atoms with Gasteiger partial charge in [0.15, 0.2) is 0 Å². The topological polar surface area (TPSA) is 75.0 Å². The molecule has 1 aromatic carbocycles. The number of benzene rings is 1. The minimum atomic E-state index is -0.239. The number of anilines is 2. The SMILES string of the molecule is CCN(CC(=O)Nc1ccc(N2CCOCC2)cc1)C(=O)C=Cc1ccco1. The first-order valence-electron chi connectivity index (χ1n) is 9.39. The quantitative estimate of drug-likeness (QED) is 0.744. The Labute approximate surface area is 164 Å². The van der Waals surface area contributed by atoms with E-state index in [0.29, 0.717) is 18.0 Å². The average molecular weight is 383 g/mol. The molecule has 1 saturated heterocycles. The van der Waals surface area contributed by atoms with Gasteiger partial charge in [-0.2, -0.15) is 0 Å². The molecule has 0 radical (unpaired) electrons. The molecule has 0 bridgehead atoms. The summed E-state index contributed by atoms with van der Waals surface area (Å²) in [5, 5.41) is 2.84. The highest BCUT2D eigenvalue weighted by atomic mass is 16.5. The summed E-state index contributed by atoms with van der Waals surface area (Å²) in [6, 6.07) is 11.2. The first-order chi connectivity index (χ1) is 13.7. The molecule has 1 N–H and O–H groups in total. The zero-order valence-electron chi connectivity index (χ0n) is 16.0. The third-order valence-corrected chi connectivity index (χ3v) is 4.49. The van der Waals surface area contributed by atoms with Crippen molar-refractivity contribution < 1.29 is 18.7 Å². The van der Waals surface area contributed by atoms with Gasteiger partial charge in [0.2, 0.25) is 11.8 Å². The van der Waals surface area contributed by atoms with Crippen LogP contribution in [0.3, 0.4) is 0 Å². The van der Waals surface area contributed by atoms with E-state index in [2.05, 4.69) is 10.2 Å². The molecule has 1 aromatic heterocycles. The fourth-order valence-electron chi connectivity index (χ4n) is 2.94. The molecule has 0 saturated carbocycles. The zero-order valence-corrected chi connectivity index (χ0v) is 16.0. The Balaban J connectivity index is 1.52. The molecular formula is C21H25N3O4. The van der Waals surface area contributed by atoms with Crippen LogP contribution in [0, 0.1) is 0 Å². The van der Waals surface area contributed by atoms with E-state index < -0.39 is 0 Å². The number of hydrogen-bond donors (Lipinski definition) is 1. The van der Waals surface area contributed by atoms with Gasteiger partial charge in [-0.25, -0.2) is 0 Å². The lowest BCUT2D eigenvalue weighted by Crippen LogP contribution is -2.37. The smallest absolute Gasteiger partial charge is 0.247 e. The van der Waals surface area contributed by atoms with Gasteiger partial charge in [0, 0.05) is 37.1 Å². The van der Waals surface area contributed by atoms with Gasteiger partial charge in [-0.15, -0.1) is 0 Å². The Bertz CT molecular complexity index is 794. The van der Waals surface area contributed by atoms with E-state index in [-0.39, 0.29) is 18.4 Å². The second kappa shape index (κ2) is 9.75. The number of rotatable bonds is 7. The van der Waals surface area contributed by atoms with Gasteiger partial charge in [-0.05, 0) is 49.4 Å². The molecule has 0 unspecified atom stereocenters. The fourth-order valence-corrected chi connectivity index (χ4v) is 2.94. The maximum Gasteiger partial charge on any atom is 0.247 e. The molecule has 0 aliphatic carbocycles. The lowest BCUT2D eigenvalue weighted by atomic mass is 10.2. The van der Waals surface area contributed by atoms with E-state index in [1.54, 1.807) is 24.5 Å². The van der Waals surface area contributed by atoms with Crippen molar-refractivity contribution in [2.24, 2.45) is 0 Å². The molecule has 2 aromatic rings. The first-order valence-corrected chi connectivity index (χ1v) is 9.39. The predicted octanol–water partition coefficient (Wildman–Crippen LogP) is 2.62. The highest BCUT2D eigenvalue weighted by Gasteiger charge is 2.14. The molecule has 7 heteroatoms. The number of nitrogens with zero attached hydrogens (tertiary/aromatic N) is 2. The largest absolute Gasteiger partial charge is 0.465 e. The molecule has 7 nitrogen and oxygen atoms in total. The van der Waals surface area contributed by atoms with E-state index in [0.717, 1.165) is 32.0 Å². The Kier molecular flexibility index (Phi) is 6.86. The number of carbonyl (C=O) groups excluding carboxylic acids is 2. The van der Waals surface area contributed by atoms with Crippen LogP contribution in [0.1, 0.15) is 12.7 Å². The van der Waals surface area contributed by atoms with Crippen LogP contribution in [0.2, 0.25) is 0 Å². The normalized spacial score (nSPS) is 14.2. The Morgan fingerprint density at radius 1 is 1.18 bits per heavy atom. The molecular weight excluding hydrogens is 358 g/mol. The van der Waals surface area contributed by atoms with Gasteiger partial charge >= 0.3 is 0 Å². The predicted molar refractivity (Wildman–Crippen MR) is 108 cm³/mol. The van der Waals surface area contributed by atoms with Crippen LogP contribution in [0.5, 0.6) is 0 Å².